The second-order valence-corrected chi connectivity index (χ2v) is 6.92. The smallest absolute Gasteiger partial charge is 0.416 e. The van der Waals surface area contributed by atoms with Gasteiger partial charge in [0.25, 0.3) is 5.91 Å². The van der Waals surface area contributed by atoms with Crippen LogP contribution in [0.15, 0.2) is 28.9 Å². The number of benzene rings is 1. The molecule has 0 aliphatic carbocycles. The van der Waals surface area contributed by atoms with Gasteiger partial charge in [-0.3, -0.25) is 14.8 Å². The maximum atomic E-state index is 13.5. The third kappa shape index (κ3) is 4.29. The Morgan fingerprint density at radius 2 is 2.03 bits per heavy atom. The van der Waals surface area contributed by atoms with Crippen molar-refractivity contribution >= 4 is 17.7 Å². The molecule has 1 aliphatic heterocycles. The summed E-state index contributed by atoms with van der Waals surface area (Å²) in [6.07, 6.45) is -3.81. The van der Waals surface area contributed by atoms with Crippen LogP contribution in [0, 0.1) is 12.7 Å². The van der Waals surface area contributed by atoms with Crippen LogP contribution >= 0.6 is 0 Å². The largest absolute Gasteiger partial charge is 0.487 e. The maximum Gasteiger partial charge on any atom is 0.416 e. The summed E-state index contributed by atoms with van der Waals surface area (Å²) in [4.78, 5) is 18.2. The highest BCUT2D eigenvalue weighted by molar-refractivity contribution is 6.06. The molecule has 0 saturated carbocycles. The zero-order chi connectivity index (χ0) is 22.3. The highest BCUT2D eigenvalue weighted by atomic mass is 19.4. The molecular weight excluding hydrogens is 424 g/mol. The maximum absolute atomic E-state index is 13.5. The Balaban J connectivity index is 1.43. The summed E-state index contributed by atoms with van der Waals surface area (Å²) < 4.78 is 64.0. The lowest BCUT2D eigenvalue weighted by Crippen LogP contribution is -2.55. The molecule has 13 heteroatoms. The summed E-state index contributed by atoms with van der Waals surface area (Å²) in [5.41, 5.74) is -0.887. The Hall–Kier alpha value is -3.64. The van der Waals surface area contributed by atoms with E-state index < -0.39 is 29.6 Å². The minimum atomic E-state index is -4.68. The van der Waals surface area contributed by atoms with Gasteiger partial charge in [-0.05, 0) is 19.1 Å². The van der Waals surface area contributed by atoms with E-state index in [0.29, 0.717) is 17.7 Å². The topological polar surface area (TPSA) is 98.3 Å². The molecule has 1 amide bonds. The van der Waals surface area contributed by atoms with Crippen molar-refractivity contribution < 1.29 is 31.6 Å². The molecule has 1 saturated heterocycles. The van der Waals surface area contributed by atoms with E-state index in [9.17, 15) is 22.4 Å². The molecule has 9 nitrogen and oxygen atoms in total. The molecule has 3 heterocycles. The van der Waals surface area contributed by atoms with Gasteiger partial charge >= 0.3 is 12.2 Å². The number of hydrogen-bond donors (Lipinski definition) is 1. The molecule has 1 N–H and O–H groups in total. The monoisotopic (exact) mass is 440 g/mol. The second-order valence-electron chi connectivity index (χ2n) is 6.92. The summed E-state index contributed by atoms with van der Waals surface area (Å²) in [6, 6.07) is 1.99. The van der Waals surface area contributed by atoms with Crippen LogP contribution in [0.1, 0.15) is 21.7 Å². The summed E-state index contributed by atoms with van der Waals surface area (Å²) in [5, 5.41) is 10.1. The van der Waals surface area contributed by atoms with E-state index in [1.165, 1.54) is 10.9 Å². The summed E-state index contributed by atoms with van der Waals surface area (Å²) in [7, 11) is 1.64. The average molecular weight is 440 g/mol. The molecule has 3 aromatic rings. The molecule has 0 bridgehead atoms. The van der Waals surface area contributed by atoms with Crippen molar-refractivity contribution in [3.8, 4) is 5.75 Å². The molecule has 1 aromatic carbocycles. The lowest BCUT2D eigenvalue weighted by atomic mass is 10.1. The molecule has 0 unspecified atom stereocenters. The van der Waals surface area contributed by atoms with Gasteiger partial charge in [0.2, 0.25) is 0 Å². The van der Waals surface area contributed by atoms with Crippen LogP contribution in [0.2, 0.25) is 0 Å². The van der Waals surface area contributed by atoms with Crippen molar-refractivity contribution in [2.45, 2.75) is 19.2 Å². The fourth-order valence-corrected chi connectivity index (χ4v) is 3.15. The molecule has 0 radical (unpaired) electrons. The number of hydrogen-bond acceptors (Lipinski definition) is 7. The molecule has 164 valence electrons. The van der Waals surface area contributed by atoms with Crippen LogP contribution in [0.3, 0.4) is 0 Å². The average Bonchev–Trinajstić information content (AvgIpc) is 3.22. The van der Waals surface area contributed by atoms with Gasteiger partial charge in [0.05, 0.1) is 24.8 Å². The van der Waals surface area contributed by atoms with Crippen molar-refractivity contribution in [3.63, 3.8) is 0 Å². The minimum Gasteiger partial charge on any atom is -0.487 e. The number of ether oxygens (including phenoxy) is 1. The van der Waals surface area contributed by atoms with E-state index in [0.717, 1.165) is 12.1 Å². The molecule has 31 heavy (non-hydrogen) atoms. The highest BCUT2D eigenvalue weighted by Gasteiger charge is 2.35. The van der Waals surface area contributed by atoms with Crippen molar-refractivity contribution in [1.82, 2.24) is 19.9 Å². The number of amides is 1. The molecule has 4 rings (SSSR count). The van der Waals surface area contributed by atoms with Crippen LogP contribution in [0.4, 0.5) is 29.4 Å². The molecule has 0 atom stereocenters. The fourth-order valence-electron chi connectivity index (χ4n) is 3.15. The normalized spacial score (nSPS) is 14.5. The number of nitrogens with one attached hydrogen (secondary N) is 1. The standard InChI is InChI=1S/C18H16F4N6O3/c1-9-24-17(31-26-9)25-15(29)14-6-23-27(2)16(14)28-7-13(8-28)30-12-4-10(18(20,21)22)3-11(19)5-12/h3-6,13H,7-8H2,1-2H3,(H,24,25,26,29). The summed E-state index contributed by atoms with van der Waals surface area (Å²) in [6.45, 7) is 2.12. The number of rotatable bonds is 5. The lowest BCUT2D eigenvalue weighted by molar-refractivity contribution is -0.137. The SMILES string of the molecule is Cc1noc(NC(=O)c2cnn(C)c2N2CC(Oc3cc(F)cc(C(F)(F)F)c3)C2)n1. The Labute approximate surface area is 172 Å². The van der Waals surface area contributed by atoms with Gasteiger partial charge in [-0.25, -0.2) is 4.39 Å². The van der Waals surface area contributed by atoms with E-state index in [1.807, 2.05) is 0 Å². The van der Waals surface area contributed by atoms with Crippen LogP contribution in [0.25, 0.3) is 0 Å². The van der Waals surface area contributed by atoms with Gasteiger partial charge in [0.15, 0.2) is 5.82 Å². The van der Waals surface area contributed by atoms with E-state index in [4.69, 9.17) is 9.26 Å². The minimum absolute atomic E-state index is 0.0614. The van der Waals surface area contributed by atoms with Gasteiger partial charge < -0.3 is 14.2 Å². The Kier molecular flexibility index (Phi) is 5.03. The van der Waals surface area contributed by atoms with Crippen molar-refractivity contribution in [2.75, 3.05) is 23.3 Å². The molecule has 1 aliphatic rings. The number of aromatic nitrogens is 4. The molecular formula is C18H16F4N6O3. The molecule has 0 spiro atoms. The first kappa shape index (κ1) is 20.6. The zero-order valence-corrected chi connectivity index (χ0v) is 16.3. The first-order valence-electron chi connectivity index (χ1n) is 9.03. The number of carbonyl (C=O) groups excluding carboxylic acids is 1. The van der Waals surface area contributed by atoms with Crippen molar-refractivity contribution in [3.05, 3.63) is 47.2 Å². The lowest BCUT2D eigenvalue weighted by Gasteiger charge is -2.40. The van der Waals surface area contributed by atoms with Crippen molar-refractivity contribution in [1.29, 1.82) is 0 Å². The van der Waals surface area contributed by atoms with Crippen molar-refractivity contribution in [2.24, 2.45) is 7.05 Å². The molecule has 2 aromatic heterocycles. The predicted molar refractivity (Wildman–Crippen MR) is 98.2 cm³/mol. The van der Waals surface area contributed by atoms with Gasteiger partial charge in [-0.2, -0.15) is 23.3 Å². The van der Waals surface area contributed by atoms with Crippen LogP contribution < -0.4 is 15.0 Å². The van der Waals surface area contributed by atoms with E-state index >= 15 is 0 Å². The van der Waals surface area contributed by atoms with Crippen LogP contribution in [-0.4, -0.2) is 45.0 Å². The van der Waals surface area contributed by atoms with Gasteiger partial charge in [-0.1, -0.05) is 5.16 Å². The first-order chi connectivity index (χ1) is 14.6. The highest BCUT2D eigenvalue weighted by Crippen LogP contribution is 2.34. The Bertz CT molecular complexity index is 1120. The molecule has 1 fully saturated rings. The third-order valence-corrected chi connectivity index (χ3v) is 4.55. The Morgan fingerprint density at radius 1 is 1.29 bits per heavy atom. The quantitative estimate of drug-likeness (QED) is 0.610. The summed E-state index contributed by atoms with van der Waals surface area (Å²) in [5.74, 6) is -0.940. The zero-order valence-electron chi connectivity index (χ0n) is 16.3. The van der Waals surface area contributed by atoms with Gasteiger partial charge in [-0.15, -0.1) is 0 Å². The number of nitrogens with zero attached hydrogens (tertiary/aromatic N) is 5. The third-order valence-electron chi connectivity index (χ3n) is 4.55. The Morgan fingerprint density at radius 3 is 2.68 bits per heavy atom. The fraction of sp³-hybridized carbons (Fsp3) is 0.333. The van der Waals surface area contributed by atoms with Gasteiger partial charge in [0, 0.05) is 13.1 Å². The number of alkyl halides is 3. The van der Waals surface area contributed by atoms with Crippen LogP contribution in [-0.2, 0) is 13.2 Å². The number of aryl methyl sites for hydroxylation is 2. The van der Waals surface area contributed by atoms with E-state index in [2.05, 4.69) is 20.6 Å². The number of halogens is 4. The first-order valence-corrected chi connectivity index (χ1v) is 9.03. The van der Waals surface area contributed by atoms with E-state index in [1.54, 1.807) is 18.9 Å². The predicted octanol–water partition coefficient (Wildman–Crippen LogP) is 2.79. The van der Waals surface area contributed by atoms with E-state index in [-0.39, 0.29) is 30.4 Å². The van der Waals surface area contributed by atoms with Gasteiger partial charge in [0.1, 0.15) is 29.1 Å². The number of carbonyl (C=O) groups is 1. The number of anilines is 2. The second kappa shape index (κ2) is 7.56. The summed E-state index contributed by atoms with van der Waals surface area (Å²) >= 11 is 0. The van der Waals surface area contributed by atoms with Crippen LogP contribution in [0.5, 0.6) is 5.75 Å².